The van der Waals surface area contributed by atoms with Crippen molar-refractivity contribution in [2.24, 2.45) is 5.92 Å². The number of halogens is 1. The molecule has 2 rings (SSSR count). The van der Waals surface area contributed by atoms with Crippen LogP contribution in [0.3, 0.4) is 0 Å². The standard InChI is InChI=1S/C18H29FN2/c1-4-14(3)18-13-21(17(5-2)12-20-18)10-9-15-7-6-8-16(19)11-15/h6-8,11,14,17-18,20H,4-5,9-10,12-13H2,1-3H3. The normalized spacial score (nSPS) is 25.0. The molecular formula is C18H29FN2. The lowest BCUT2D eigenvalue weighted by Gasteiger charge is -2.42. The number of nitrogens with zero attached hydrogens (tertiary/aromatic N) is 1. The first-order valence-electron chi connectivity index (χ1n) is 8.35. The maximum Gasteiger partial charge on any atom is 0.123 e. The molecular weight excluding hydrogens is 263 g/mol. The van der Waals surface area contributed by atoms with Crippen molar-refractivity contribution in [1.82, 2.24) is 10.2 Å². The van der Waals surface area contributed by atoms with E-state index in [9.17, 15) is 4.39 Å². The van der Waals surface area contributed by atoms with E-state index < -0.39 is 0 Å². The minimum absolute atomic E-state index is 0.127. The molecule has 1 aromatic carbocycles. The van der Waals surface area contributed by atoms with Crippen LogP contribution in [0.1, 0.15) is 39.2 Å². The Hall–Kier alpha value is -0.930. The summed E-state index contributed by atoms with van der Waals surface area (Å²) in [5.74, 6) is 0.580. The first-order chi connectivity index (χ1) is 10.1. The van der Waals surface area contributed by atoms with Crippen molar-refractivity contribution in [2.75, 3.05) is 19.6 Å². The van der Waals surface area contributed by atoms with Gasteiger partial charge in [-0.15, -0.1) is 0 Å². The minimum Gasteiger partial charge on any atom is -0.311 e. The van der Waals surface area contributed by atoms with E-state index in [0.29, 0.717) is 18.0 Å². The molecule has 3 atom stereocenters. The summed E-state index contributed by atoms with van der Waals surface area (Å²) in [6.45, 7) is 10.1. The number of benzene rings is 1. The van der Waals surface area contributed by atoms with Gasteiger partial charge in [-0.2, -0.15) is 0 Å². The van der Waals surface area contributed by atoms with Gasteiger partial charge in [0.1, 0.15) is 5.82 Å². The molecule has 0 radical (unpaired) electrons. The Bertz CT molecular complexity index is 435. The van der Waals surface area contributed by atoms with Crippen LogP contribution in [0.15, 0.2) is 24.3 Å². The van der Waals surface area contributed by atoms with Crippen molar-refractivity contribution >= 4 is 0 Å². The molecule has 0 bridgehead atoms. The van der Waals surface area contributed by atoms with Crippen LogP contribution < -0.4 is 5.32 Å². The quantitative estimate of drug-likeness (QED) is 0.863. The first kappa shape index (κ1) is 16.4. The van der Waals surface area contributed by atoms with Gasteiger partial charge in [-0.05, 0) is 36.5 Å². The van der Waals surface area contributed by atoms with Gasteiger partial charge in [-0.25, -0.2) is 4.39 Å². The van der Waals surface area contributed by atoms with Gasteiger partial charge in [0.25, 0.3) is 0 Å². The number of rotatable bonds is 6. The summed E-state index contributed by atoms with van der Waals surface area (Å²) in [4.78, 5) is 2.60. The van der Waals surface area contributed by atoms with Gasteiger partial charge < -0.3 is 5.32 Å². The molecule has 1 fully saturated rings. The molecule has 21 heavy (non-hydrogen) atoms. The van der Waals surface area contributed by atoms with Crippen LogP contribution in [0.5, 0.6) is 0 Å². The topological polar surface area (TPSA) is 15.3 Å². The average Bonchev–Trinajstić information content (AvgIpc) is 2.52. The Morgan fingerprint density at radius 3 is 2.86 bits per heavy atom. The zero-order valence-corrected chi connectivity index (χ0v) is 13.6. The van der Waals surface area contributed by atoms with Crippen molar-refractivity contribution in [3.63, 3.8) is 0 Å². The van der Waals surface area contributed by atoms with E-state index in [0.717, 1.165) is 31.6 Å². The Kier molecular flexibility index (Phi) is 6.19. The van der Waals surface area contributed by atoms with Gasteiger partial charge >= 0.3 is 0 Å². The summed E-state index contributed by atoms with van der Waals surface area (Å²) < 4.78 is 13.3. The Balaban J connectivity index is 1.94. The number of hydrogen-bond acceptors (Lipinski definition) is 2. The van der Waals surface area contributed by atoms with Crippen LogP contribution in [0, 0.1) is 11.7 Å². The van der Waals surface area contributed by atoms with E-state index in [4.69, 9.17) is 0 Å². The van der Waals surface area contributed by atoms with Crippen LogP contribution in [-0.2, 0) is 6.42 Å². The van der Waals surface area contributed by atoms with E-state index in [2.05, 4.69) is 31.0 Å². The largest absolute Gasteiger partial charge is 0.311 e. The molecule has 3 unspecified atom stereocenters. The SMILES string of the molecule is CCC(C)C1CN(CCc2cccc(F)c2)C(CC)CN1. The minimum atomic E-state index is -0.127. The average molecular weight is 292 g/mol. The zero-order valence-electron chi connectivity index (χ0n) is 13.6. The van der Waals surface area contributed by atoms with Gasteiger partial charge in [0, 0.05) is 31.7 Å². The van der Waals surface area contributed by atoms with Gasteiger partial charge in [-0.3, -0.25) is 4.90 Å². The third kappa shape index (κ3) is 4.52. The van der Waals surface area contributed by atoms with Crippen molar-refractivity contribution in [3.8, 4) is 0 Å². The van der Waals surface area contributed by atoms with Gasteiger partial charge in [0.2, 0.25) is 0 Å². The van der Waals surface area contributed by atoms with Gasteiger partial charge in [-0.1, -0.05) is 39.3 Å². The molecule has 0 saturated carbocycles. The lowest BCUT2D eigenvalue weighted by Crippen LogP contribution is -2.58. The van der Waals surface area contributed by atoms with E-state index in [1.54, 1.807) is 6.07 Å². The third-order valence-electron chi connectivity index (χ3n) is 4.94. The van der Waals surface area contributed by atoms with Crippen molar-refractivity contribution in [2.45, 2.75) is 52.1 Å². The highest BCUT2D eigenvalue weighted by molar-refractivity contribution is 5.16. The van der Waals surface area contributed by atoms with Crippen LogP contribution >= 0.6 is 0 Å². The highest BCUT2D eigenvalue weighted by atomic mass is 19.1. The van der Waals surface area contributed by atoms with Gasteiger partial charge in [0.05, 0.1) is 0 Å². The van der Waals surface area contributed by atoms with Crippen LogP contribution in [0.25, 0.3) is 0 Å². The predicted octanol–water partition coefficient (Wildman–Crippen LogP) is 3.47. The molecule has 0 aliphatic carbocycles. The monoisotopic (exact) mass is 292 g/mol. The molecule has 3 heteroatoms. The van der Waals surface area contributed by atoms with Crippen LogP contribution in [0.4, 0.5) is 4.39 Å². The number of piperazine rings is 1. The first-order valence-corrected chi connectivity index (χ1v) is 8.35. The van der Waals surface area contributed by atoms with E-state index in [1.807, 2.05) is 12.1 Å². The maximum absolute atomic E-state index is 13.3. The van der Waals surface area contributed by atoms with Crippen LogP contribution in [-0.4, -0.2) is 36.6 Å². The molecule has 2 nitrogen and oxygen atoms in total. The number of hydrogen-bond donors (Lipinski definition) is 1. The van der Waals surface area contributed by atoms with Crippen molar-refractivity contribution in [1.29, 1.82) is 0 Å². The lowest BCUT2D eigenvalue weighted by atomic mass is 9.94. The van der Waals surface area contributed by atoms with Crippen molar-refractivity contribution in [3.05, 3.63) is 35.6 Å². The molecule has 1 aromatic rings. The smallest absolute Gasteiger partial charge is 0.123 e. The summed E-state index contributed by atoms with van der Waals surface area (Å²) in [6, 6.07) is 8.21. The second-order valence-corrected chi connectivity index (χ2v) is 6.34. The highest BCUT2D eigenvalue weighted by Crippen LogP contribution is 2.18. The fourth-order valence-electron chi connectivity index (χ4n) is 3.19. The summed E-state index contributed by atoms with van der Waals surface area (Å²) in [7, 11) is 0. The Morgan fingerprint density at radius 2 is 2.19 bits per heavy atom. The second-order valence-electron chi connectivity index (χ2n) is 6.34. The number of nitrogens with one attached hydrogen (secondary N) is 1. The molecule has 1 heterocycles. The fraction of sp³-hybridized carbons (Fsp3) is 0.667. The highest BCUT2D eigenvalue weighted by Gasteiger charge is 2.28. The van der Waals surface area contributed by atoms with Crippen molar-refractivity contribution < 1.29 is 4.39 Å². The second kappa shape index (κ2) is 7.90. The molecule has 0 aromatic heterocycles. The third-order valence-corrected chi connectivity index (χ3v) is 4.94. The summed E-state index contributed by atoms with van der Waals surface area (Å²) >= 11 is 0. The summed E-state index contributed by atoms with van der Waals surface area (Å²) in [6.07, 6.45) is 3.32. The predicted molar refractivity (Wildman–Crippen MR) is 87.0 cm³/mol. The van der Waals surface area contributed by atoms with E-state index in [-0.39, 0.29) is 5.82 Å². The van der Waals surface area contributed by atoms with Gasteiger partial charge in [0.15, 0.2) is 0 Å². The molecule has 1 aliphatic heterocycles. The van der Waals surface area contributed by atoms with E-state index in [1.165, 1.54) is 18.9 Å². The zero-order chi connectivity index (χ0) is 15.2. The Labute approximate surface area is 128 Å². The molecule has 118 valence electrons. The fourth-order valence-corrected chi connectivity index (χ4v) is 3.19. The summed E-state index contributed by atoms with van der Waals surface area (Å²) in [5.41, 5.74) is 1.10. The molecule has 0 spiro atoms. The maximum atomic E-state index is 13.3. The lowest BCUT2D eigenvalue weighted by molar-refractivity contribution is 0.107. The molecule has 1 N–H and O–H groups in total. The molecule has 0 amide bonds. The summed E-state index contributed by atoms with van der Waals surface area (Å²) in [5, 5.41) is 3.71. The molecule has 1 saturated heterocycles. The Morgan fingerprint density at radius 1 is 1.38 bits per heavy atom. The van der Waals surface area contributed by atoms with E-state index >= 15 is 0 Å². The van der Waals surface area contributed by atoms with Crippen LogP contribution in [0.2, 0.25) is 0 Å². The molecule has 1 aliphatic rings.